The summed E-state index contributed by atoms with van der Waals surface area (Å²) in [5, 5.41) is 3.41. The Labute approximate surface area is 88.3 Å². The quantitative estimate of drug-likeness (QED) is 0.759. The molecule has 0 unspecified atom stereocenters. The third kappa shape index (κ3) is 1.51. The number of hydrogen-bond acceptors (Lipinski definition) is 3. The van der Waals surface area contributed by atoms with Gasteiger partial charge in [0.2, 0.25) is 0 Å². The first-order valence-corrected chi connectivity index (χ1v) is 5.43. The van der Waals surface area contributed by atoms with E-state index in [2.05, 4.69) is 19.9 Å². The van der Waals surface area contributed by atoms with Gasteiger partial charge in [-0.25, -0.2) is 9.97 Å². The number of nitrogens with one attached hydrogen (secondary N) is 1. The smallest absolute Gasteiger partial charge is 0.160 e. The monoisotopic (exact) mass is 202 g/mol. The molecule has 4 nitrogen and oxygen atoms in total. The van der Waals surface area contributed by atoms with Crippen LogP contribution < -0.4 is 5.32 Å². The molecule has 0 saturated carbocycles. The third-order valence-corrected chi connectivity index (χ3v) is 3.00. The minimum atomic E-state index is 0.513. The van der Waals surface area contributed by atoms with Crippen molar-refractivity contribution in [1.82, 2.24) is 19.9 Å². The van der Waals surface area contributed by atoms with E-state index in [9.17, 15) is 0 Å². The van der Waals surface area contributed by atoms with Crippen molar-refractivity contribution in [1.29, 1.82) is 0 Å². The molecule has 0 amide bonds. The Morgan fingerprint density at radius 2 is 2.40 bits per heavy atom. The molecule has 0 aromatic carbocycles. The predicted molar refractivity (Wildman–Crippen MR) is 58.7 cm³/mol. The van der Waals surface area contributed by atoms with E-state index in [1.807, 2.05) is 24.7 Å². The minimum absolute atomic E-state index is 0.513. The highest BCUT2D eigenvalue weighted by atomic mass is 15.1. The summed E-state index contributed by atoms with van der Waals surface area (Å²) in [5.74, 6) is 0. The number of pyridine rings is 1. The molecule has 2 aromatic rings. The molecule has 4 heteroatoms. The molecule has 1 fully saturated rings. The molecule has 0 bridgehead atoms. The number of fused-ring (bicyclic) bond motifs is 1. The molecular weight excluding hydrogens is 188 g/mol. The van der Waals surface area contributed by atoms with Crippen LogP contribution in [-0.4, -0.2) is 27.6 Å². The topological polar surface area (TPSA) is 42.7 Å². The van der Waals surface area contributed by atoms with E-state index in [1.165, 1.54) is 12.8 Å². The molecular formula is C11H14N4. The van der Waals surface area contributed by atoms with Crippen LogP contribution in [0.3, 0.4) is 0 Å². The minimum Gasteiger partial charge on any atom is -0.315 e. The van der Waals surface area contributed by atoms with Gasteiger partial charge in [0, 0.05) is 18.8 Å². The van der Waals surface area contributed by atoms with Crippen molar-refractivity contribution in [2.75, 3.05) is 13.1 Å². The van der Waals surface area contributed by atoms with Crippen molar-refractivity contribution in [3.8, 4) is 0 Å². The molecule has 1 aliphatic rings. The van der Waals surface area contributed by atoms with Crippen molar-refractivity contribution >= 4 is 11.2 Å². The van der Waals surface area contributed by atoms with Gasteiger partial charge in [-0.1, -0.05) is 0 Å². The molecule has 1 atom stereocenters. The number of imidazole rings is 1. The largest absolute Gasteiger partial charge is 0.315 e. The number of aromatic nitrogens is 3. The molecule has 0 spiro atoms. The Morgan fingerprint density at radius 3 is 3.27 bits per heavy atom. The van der Waals surface area contributed by atoms with Crippen molar-refractivity contribution in [2.24, 2.45) is 0 Å². The molecule has 3 heterocycles. The molecule has 1 N–H and O–H groups in total. The van der Waals surface area contributed by atoms with Crippen LogP contribution >= 0.6 is 0 Å². The van der Waals surface area contributed by atoms with E-state index in [1.54, 1.807) is 0 Å². The van der Waals surface area contributed by atoms with Crippen LogP contribution in [-0.2, 0) is 0 Å². The zero-order valence-electron chi connectivity index (χ0n) is 8.56. The van der Waals surface area contributed by atoms with Gasteiger partial charge < -0.3 is 9.88 Å². The highest BCUT2D eigenvalue weighted by Gasteiger charge is 2.16. The van der Waals surface area contributed by atoms with E-state index in [0.717, 1.165) is 24.3 Å². The van der Waals surface area contributed by atoms with Gasteiger partial charge in [0.1, 0.15) is 5.52 Å². The van der Waals surface area contributed by atoms with Crippen molar-refractivity contribution in [3.63, 3.8) is 0 Å². The summed E-state index contributed by atoms with van der Waals surface area (Å²) in [4.78, 5) is 8.76. The van der Waals surface area contributed by atoms with Crippen LogP contribution in [0.25, 0.3) is 11.2 Å². The molecule has 1 aliphatic heterocycles. The van der Waals surface area contributed by atoms with Crippen LogP contribution in [0.5, 0.6) is 0 Å². The van der Waals surface area contributed by atoms with Gasteiger partial charge in [-0.15, -0.1) is 0 Å². The molecule has 1 saturated heterocycles. The molecule has 15 heavy (non-hydrogen) atoms. The maximum absolute atomic E-state index is 4.39. The molecule has 2 aromatic heterocycles. The van der Waals surface area contributed by atoms with E-state index in [4.69, 9.17) is 0 Å². The number of hydrogen-bond donors (Lipinski definition) is 1. The lowest BCUT2D eigenvalue weighted by atomic mass is 10.1. The van der Waals surface area contributed by atoms with Gasteiger partial charge in [-0.05, 0) is 31.5 Å². The van der Waals surface area contributed by atoms with Gasteiger partial charge in [0.05, 0.1) is 6.33 Å². The standard InChI is InChI=1S/C11H14N4/c1-3-9(7-12-5-1)15-8-14-10-4-2-6-13-11(10)15/h2,4,6,8-9,12H,1,3,5,7H2/t9-/m1/s1. The van der Waals surface area contributed by atoms with Crippen LogP contribution in [0.4, 0.5) is 0 Å². The SMILES string of the molecule is c1cnc2c(c1)ncn2[C@@H]1CCCNC1. The summed E-state index contributed by atoms with van der Waals surface area (Å²) in [6, 6.07) is 4.45. The summed E-state index contributed by atoms with van der Waals surface area (Å²) in [7, 11) is 0. The Kier molecular flexibility index (Phi) is 2.14. The Hall–Kier alpha value is -1.42. The van der Waals surface area contributed by atoms with Crippen molar-refractivity contribution < 1.29 is 0 Å². The zero-order chi connectivity index (χ0) is 10.1. The number of nitrogens with zero attached hydrogens (tertiary/aromatic N) is 3. The van der Waals surface area contributed by atoms with Gasteiger partial charge in [0.25, 0.3) is 0 Å². The normalized spacial score (nSPS) is 22.0. The summed E-state index contributed by atoms with van der Waals surface area (Å²) < 4.78 is 2.20. The summed E-state index contributed by atoms with van der Waals surface area (Å²) in [6.07, 6.45) is 6.19. The summed E-state index contributed by atoms with van der Waals surface area (Å²) in [5.41, 5.74) is 1.99. The Balaban J connectivity index is 2.02. The lowest BCUT2D eigenvalue weighted by Crippen LogP contribution is -2.31. The molecule has 0 aliphatic carbocycles. The highest BCUT2D eigenvalue weighted by Crippen LogP contribution is 2.20. The van der Waals surface area contributed by atoms with E-state index in [-0.39, 0.29) is 0 Å². The Morgan fingerprint density at radius 1 is 1.40 bits per heavy atom. The fourth-order valence-corrected chi connectivity index (χ4v) is 2.21. The highest BCUT2D eigenvalue weighted by molar-refractivity contribution is 5.70. The van der Waals surface area contributed by atoms with Crippen molar-refractivity contribution in [3.05, 3.63) is 24.7 Å². The van der Waals surface area contributed by atoms with Crippen LogP contribution in [0.2, 0.25) is 0 Å². The van der Waals surface area contributed by atoms with Crippen LogP contribution in [0.1, 0.15) is 18.9 Å². The average Bonchev–Trinajstić information content (AvgIpc) is 2.74. The first-order valence-electron chi connectivity index (χ1n) is 5.43. The second-order valence-electron chi connectivity index (χ2n) is 4.00. The predicted octanol–water partition coefficient (Wildman–Crippen LogP) is 1.36. The third-order valence-electron chi connectivity index (χ3n) is 3.00. The second kappa shape index (κ2) is 3.62. The van der Waals surface area contributed by atoms with Gasteiger partial charge in [-0.3, -0.25) is 0 Å². The fraction of sp³-hybridized carbons (Fsp3) is 0.455. The maximum Gasteiger partial charge on any atom is 0.160 e. The molecule has 78 valence electrons. The zero-order valence-corrected chi connectivity index (χ0v) is 8.56. The van der Waals surface area contributed by atoms with Crippen molar-refractivity contribution in [2.45, 2.75) is 18.9 Å². The number of piperidine rings is 1. The number of rotatable bonds is 1. The van der Waals surface area contributed by atoms with E-state index >= 15 is 0 Å². The molecule has 0 radical (unpaired) electrons. The second-order valence-corrected chi connectivity index (χ2v) is 4.00. The van der Waals surface area contributed by atoms with Crippen LogP contribution in [0.15, 0.2) is 24.7 Å². The summed E-state index contributed by atoms with van der Waals surface area (Å²) >= 11 is 0. The van der Waals surface area contributed by atoms with Gasteiger partial charge in [0.15, 0.2) is 5.65 Å². The van der Waals surface area contributed by atoms with Gasteiger partial charge >= 0.3 is 0 Å². The maximum atomic E-state index is 4.39. The first-order chi connectivity index (χ1) is 7.45. The van der Waals surface area contributed by atoms with E-state index in [0.29, 0.717) is 6.04 Å². The average molecular weight is 202 g/mol. The lowest BCUT2D eigenvalue weighted by Gasteiger charge is -2.24. The van der Waals surface area contributed by atoms with Gasteiger partial charge in [-0.2, -0.15) is 0 Å². The lowest BCUT2D eigenvalue weighted by molar-refractivity contribution is 0.376. The molecule has 3 rings (SSSR count). The van der Waals surface area contributed by atoms with Crippen LogP contribution in [0, 0.1) is 0 Å². The van der Waals surface area contributed by atoms with E-state index < -0.39 is 0 Å². The summed E-state index contributed by atoms with van der Waals surface area (Å²) in [6.45, 7) is 2.17. The Bertz CT molecular complexity index is 456. The first kappa shape index (κ1) is 8.85. The fourth-order valence-electron chi connectivity index (χ4n) is 2.21.